The van der Waals surface area contributed by atoms with Gasteiger partial charge >= 0.3 is 6.18 Å². The maximum absolute atomic E-state index is 13.8. The van der Waals surface area contributed by atoms with Crippen molar-refractivity contribution < 1.29 is 18.0 Å². The molecule has 1 atom stereocenters. The van der Waals surface area contributed by atoms with E-state index >= 15 is 0 Å². The molecule has 5 rings (SSSR count). The lowest BCUT2D eigenvalue weighted by Crippen LogP contribution is -2.30. The van der Waals surface area contributed by atoms with E-state index in [2.05, 4.69) is 30.9 Å². The Morgan fingerprint density at radius 1 is 1.11 bits per heavy atom. The Labute approximate surface area is 218 Å². The zero-order valence-electron chi connectivity index (χ0n) is 20.9. The monoisotopic (exact) mass is 522 g/mol. The number of aromatic nitrogens is 3. The summed E-state index contributed by atoms with van der Waals surface area (Å²) in [6, 6.07) is 10.8. The molecule has 1 unspecified atom stereocenters. The molecule has 3 aromatic heterocycles. The molecule has 0 saturated carbocycles. The summed E-state index contributed by atoms with van der Waals surface area (Å²) in [7, 11) is 0. The van der Waals surface area contributed by atoms with Crippen molar-refractivity contribution in [2.24, 2.45) is 5.92 Å². The Morgan fingerprint density at radius 3 is 2.71 bits per heavy atom. The SMILES string of the molecule is CC(c1cc(NC(=O)c2cccnc2NCc2ccnc3[nH]ccc23)cc(C(F)(F)F)c1)C1CCNCC1. The molecule has 1 aliphatic rings. The fraction of sp³-hybridized carbons (Fsp3) is 0.321. The molecule has 0 spiro atoms. The van der Waals surface area contributed by atoms with Crippen molar-refractivity contribution in [3.8, 4) is 0 Å². The Hall–Kier alpha value is -3.92. The lowest BCUT2D eigenvalue weighted by molar-refractivity contribution is -0.137. The Morgan fingerprint density at radius 2 is 1.92 bits per heavy atom. The first-order chi connectivity index (χ1) is 18.3. The molecule has 1 fully saturated rings. The number of rotatable bonds is 7. The second kappa shape index (κ2) is 10.8. The first-order valence-electron chi connectivity index (χ1n) is 12.6. The van der Waals surface area contributed by atoms with E-state index in [1.165, 1.54) is 6.07 Å². The van der Waals surface area contributed by atoms with Crippen molar-refractivity contribution in [3.05, 3.63) is 83.3 Å². The van der Waals surface area contributed by atoms with Crippen molar-refractivity contribution >= 4 is 28.4 Å². The van der Waals surface area contributed by atoms with Gasteiger partial charge in [0.2, 0.25) is 0 Å². The van der Waals surface area contributed by atoms with Crippen molar-refractivity contribution in [2.45, 2.75) is 38.4 Å². The van der Waals surface area contributed by atoms with Gasteiger partial charge in [-0.15, -0.1) is 0 Å². The number of halogens is 3. The predicted molar refractivity (Wildman–Crippen MR) is 141 cm³/mol. The molecule has 1 saturated heterocycles. The van der Waals surface area contributed by atoms with Crippen LogP contribution < -0.4 is 16.0 Å². The average molecular weight is 523 g/mol. The number of carbonyl (C=O) groups is 1. The number of hydrogen-bond donors (Lipinski definition) is 4. The number of alkyl halides is 3. The highest BCUT2D eigenvalue weighted by molar-refractivity contribution is 6.07. The largest absolute Gasteiger partial charge is 0.416 e. The third kappa shape index (κ3) is 5.65. The minimum atomic E-state index is -4.53. The van der Waals surface area contributed by atoms with E-state index in [4.69, 9.17) is 0 Å². The highest BCUT2D eigenvalue weighted by Crippen LogP contribution is 2.37. The molecule has 7 nitrogen and oxygen atoms in total. The van der Waals surface area contributed by atoms with Crippen molar-refractivity contribution in [3.63, 3.8) is 0 Å². The number of nitrogens with one attached hydrogen (secondary N) is 4. The number of aromatic amines is 1. The number of H-pyrrole nitrogens is 1. The summed E-state index contributed by atoms with van der Waals surface area (Å²) in [5.41, 5.74) is 1.85. The maximum atomic E-state index is 13.8. The molecule has 1 aliphatic heterocycles. The third-order valence-electron chi connectivity index (χ3n) is 7.21. The molecule has 10 heteroatoms. The van der Waals surface area contributed by atoms with Gasteiger partial charge < -0.3 is 20.9 Å². The van der Waals surface area contributed by atoms with E-state index in [-0.39, 0.29) is 23.1 Å². The van der Waals surface area contributed by atoms with E-state index in [1.807, 2.05) is 19.1 Å². The van der Waals surface area contributed by atoms with Crippen LogP contribution in [0.5, 0.6) is 0 Å². The van der Waals surface area contributed by atoms with Crippen molar-refractivity contribution in [1.29, 1.82) is 0 Å². The van der Waals surface area contributed by atoms with Crippen LogP contribution in [0.25, 0.3) is 11.0 Å². The van der Waals surface area contributed by atoms with Gasteiger partial charge in [0.15, 0.2) is 0 Å². The van der Waals surface area contributed by atoms with Gasteiger partial charge in [-0.1, -0.05) is 6.92 Å². The zero-order valence-corrected chi connectivity index (χ0v) is 20.9. The molecule has 38 heavy (non-hydrogen) atoms. The van der Waals surface area contributed by atoms with Crippen LogP contribution in [0.3, 0.4) is 0 Å². The molecular weight excluding hydrogens is 493 g/mol. The topological polar surface area (TPSA) is 94.7 Å². The molecule has 1 aromatic carbocycles. The van der Waals surface area contributed by atoms with Crippen LogP contribution >= 0.6 is 0 Å². The van der Waals surface area contributed by atoms with Gasteiger partial charge in [-0.3, -0.25) is 4.79 Å². The van der Waals surface area contributed by atoms with Gasteiger partial charge in [-0.25, -0.2) is 9.97 Å². The standard InChI is InChI=1S/C28H29F3N6O/c1-17(18-4-9-32-10-5-18)20-13-21(28(29,30)31)15-22(14-20)37-27(38)24-3-2-8-33-26(24)36-16-19-6-11-34-25-23(19)7-12-35-25/h2-3,6-8,11-15,17-18,32H,4-5,9-10,16H2,1H3,(H,33,36)(H,34,35)(H,37,38). The van der Waals surface area contributed by atoms with E-state index in [0.29, 0.717) is 17.9 Å². The molecule has 4 N–H and O–H groups in total. The summed E-state index contributed by atoms with van der Waals surface area (Å²) in [6.45, 7) is 4.04. The van der Waals surface area contributed by atoms with Gasteiger partial charge in [0.1, 0.15) is 11.5 Å². The van der Waals surface area contributed by atoms with Crippen molar-refractivity contribution in [2.75, 3.05) is 23.7 Å². The summed E-state index contributed by atoms with van der Waals surface area (Å²) >= 11 is 0. The average Bonchev–Trinajstić information content (AvgIpc) is 3.41. The van der Waals surface area contributed by atoms with Crippen molar-refractivity contribution in [1.82, 2.24) is 20.3 Å². The fourth-order valence-corrected chi connectivity index (χ4v) is 5.05. The van der Waals surface area contributed by atoms with Gasteiger partial charge in [-0.2, -0.15) is 13.2 Å². The normalized spacial score (nSPS) is 15.4. The van der Waals surface area contributed by atoms with E-state index in [9.17, 15) is 18.0 Å². The number of hydrogen-bond acceptors (Lipinski definition) is 5. The number of benzene rings is 1. The summed E-state index contributed by atoms with van der Waals surface area (Å²) in [5, 5.41) is 10.1. The van der Waals surface area contributed by atoms with Crippen LogP contribution in [0.4, 0.5) is 24.7 Å². The molecule has 198 valence electrons. The van der Waals surface area contributed by atoms with Gasteiger partial charge in [-0.05, 0) is 91.4 Å². The van der Waals surface area contributed by atoms with Crippen LogP contribution in [0.2, 0.25) is 0 Å². The molecule has 4 heterocycles. The zero-order chi connectivity index (χ0) is 26.7. The minimum Gasteiger partial charge on any atom is -0.365 e. The van der Waals surface area contributed by atoms with Gasteiger partial charge in [0.25, 0.3) is 5.91 Å². The maximum Gasteiger partial charge on any atom is 0.416 e. The number of pyridine rings is 2. The Kier molecular flexibility index (Phi) is 7.33. The number of fused-ring (bicyclic) bond motifs is 1. The van der Waals surface area contributed by atoms with Crippen LogP contribution in [-0.2, 0) is 12.7 Å². The lowest BCUT2D eigenvalue weighted by Gasteiger charge is -2.29. The predicted octanol–water partition coefficient (Wildman–Crippen LogP) is 5.94. The first kappa shape index (κ1) is 25.7. The van der Waals surface area contributed by atoms with Crippen LogP contribution in [0.1, 0.15) is 52.7 Å². The number of carbonyl (C=O) groups excluding carboxylic acids is 1. The number of piperidine rings is 1. The Balaban J connectivity index is 1.38. The Bertz CT molecular complexity index is 1430. The second-order valence-electron chi connectivity index (χ2n) is 9.63. The highest BCUT2D eigenvalue weighted by Gasteiger charge is 2.33. The van der Waals surface area contributed by atoms with Crippen LogP contribution in [0, 0.1) is 5.92 Å². The summed E-state index contributed by atoms with van der Waals surface area (Å²) in [5.74, 6) is -0.00363. The smallest absolute Gasteiger partial charge is 0.365 e. The van der Waals surface area contributed by atoms with Gasteiger partial charge in [0, 0.05) is 36.2 Å². The summed E-state index contributed by atoms with van der Waals surface area (Å²) in [6.07, 6.45) is 2.32. The summed E-state index contributed by atoms with van der Waals surface area (Å²) in [4.78, 5) is 24.9. The molecule has 0 bridgehead atoms. The lowest BCUT2D eigenvalue weighted by atomic mass is 9.81. The van der Waals surface area contributed by atoms with E-state index < -0.39 is 17.6 Å². The molecule has 0 radical (unpaired) electrons. The highest BCUT2D eigenvalue weighted by atomic mass is 19.4. The third-order valence-corrected chi connectivity index (χ3v) is 7.21. The number of nitrogens with zero attached hydrogens (tertiary/aromatic N) is 2. The fourth-order valence-electron chi connectivity index (χ4n) is 5.05. The van der Waals surface area contributed by atoms with E-state index in [0.717, 1.165) is 48.6 Å². The second-order valence-corrected chi connectivity index (χ2v) is 9.63. The molecular formula is C28H29F3N6O. The number of anilines is 2. The first-order valence-corrected chi connectivity index (χ1v) is 12.6. The molecule has 4 aromatic rings. The minimum absolute atomic E-state index is 0.0729. The summed E-state index contributed by atoms with van der Waals surface area (Å²) < 4.78 is 41.3. The molecule has 0 aliphatic carbocycles. The molecule has 1 amide bonds. The quantitative estimate of drug-likeness (QED) is 0.241. The van der Waals surface area contributed by atoms with Crippen LogP contribution in [-0.4, -0.2) is 33.9 Å². The van der Waals surface area contributed by atoms with E-state index in [1.54, 1.807) is 36.8 Å². The number of amides is 1. The van der Waals surface area contributed by atoms with Crippen LogP contribution in [0.15, 0.2) is 61.1 Å². The van der Waals surface area contributed by atoms with Gasteiger partial charge in [0.05, 0.1) is 11.1 Å².